The Hall–Kier alpha value is -2.90. The van der Waals surface area contributed by atoms with Crippen LogP contribution in [0.15, 0.2) is 24.3 Å². The summed E-state index contributed by atoms with van der Waals surface area (Å²) in [6.07, 6.45) is 1.04. The van der Waals surface area contributed by atoms with Crippen LogP contribution in [0.4, 0.5) is 4.79 Å². The highest BCUT2D eigenvalue weighted by atomic mass is 16.5. The van der Waals surface area contributed by atoms with Crippen molar-refractivity contribution in [3.05, 3.63) is 35.4 Å². The zero-order valence-electron chi connectivity index (χ0n) is 13.9. The number of piperidine rings is 1. The van der Waals surface area contributed by atoms with Gasteiger partial charge in [-0.15, -0.1) is 0 Å². The minimum atomic E-state index is -0.557. The largest absolute Gasteiger partial charge is 0.465 e. The highest BCUT2D eigenvalue weighted by Crippen LogP contribution is 2.21. The van der Waals surface area contributed by atoms with E-state index in [1.165, 1.54) is 12.0 Å². The number of hydrogen-bond donors (Lipinski definition) is 1. The number of ether oxygens (including phenoxy) is 1. The van der Waals surface area contributed by atoms with Crippen molar-refractivity contribution in [2.24, 2.45) is 0 Å². The fourth-order valence-corrected chi connectivity index (χ4v) is 3.26. The van der Waals surface area contributed by atoms with E-state index < -0.39 is 5.97 Å². The SMILES string of the molecule is COC(=O)c1ccccc1C(=O)N1CCC(N2C(=O)CNC2=O)CC1. The molecule has 3 rings (SSSR count). The van der Waals surface area contributed by atoms with Crippen LogP contribution in [0.5, 0.6) is 0 Å². The third-order valence-electron chi connectivity index (χ3n) is 4.56. The van der Waals surface area contributed by atoms with Gasteiger partial charge in [0.1, 0.15) is 0 Å². The van der Waals surface area contributed by atoms with Gasteiger partial charge in [0.2, 0.25) is 5.91 Å². The van der Waals surface area contributed by atoms with Crippen LogP contribution in [0.25, 0.3) is 0 Å². The molecule has 0 unspecified atom stereocenters. The number of methoxy groups -OCH3 is 1. The first kappa shape index (κ1) is 16.9. The fourth-order valence-electron chi connectivity index (χ4n) is 3.26. The van der Waals surface area contributed by atoms with Crippen molar-refractivity contribution in [2.45, 2.75) is 18.9 Å². The van der Waals surface area contributed by atoms with Crippen LogP contribution in [-0.2, 0) is 9.53 Å². The normalized spacial score (nSPS) is 18.3. The lowest BCUT2D eigenvalue weighted by atomic mass is 10.0. The molecule has 2 fully saturated rings. The second-order valence-corrected chi connectivity index (χ2v) is 5.98. The Morgan fingerprint density at radius 3 is 2.32 bits per heavy atom. The summed E-state index contributed by atoms with van der Waals surface area (Å²) in [7, 11) is 1.27. The highest BCUT2D eigenvalue weighted by Gasteiger charge is 2.37. The summed E-state index contributed by atoms with van der Waals surface area (Å²) in [5.74, 6) is -1.04. The number of likely N-dealkylation sites (tertiary alicyclic amines) is 1. The van der Waals surface area contributed by atoms with Gasteiger partial charge in [0.05, 0.1) is 24.8 Å². The van der Waals surface area contributed by atoms with Gasteiger partial charge < -0.3 is 15.0 Å². The number of carbonyl (C=O) groups is 4. The summed E-state index contributed by atoms with van der Waals surface area (Å²) in [5, 5.41) is 2.51. The van der Waals surface area contributed by atoms with E-state index in [1.54, 1.807) is 29.2 Å². The molecule has 1 aromatic carbocycles. The molecule has 25 heavy (non-hydrogen) atoms. The first-order valence-corrected chi connectivity index (χ1v) is 8.09. The maximum absolute atomic E-state index is 12.8. The van der Waals surface area contributed by atoms with Crippen molar-refractivity contribution < 1.29 is 23.9 Å². The third-order valence-corrected chi connectivity index (χ3v) is 4.56. The quantitative estimate of drug-likeness (QED) is 0.640. The van der Waals surface area contributed by atoms with Crippen molar-refractivity contribution >= 4 is 23.8 Å². The first-order chi connectivity index (χ1) is 12.0. The fraction of sp³-hybridized carbons (Fsp3) is 0.412. The number of benzene rings is 1. The molecule has 1 aromatic rings. The molecule has 0 spiro atoms. The van der Waals surface area contributed by atoms with E-state index >= 15 is 0 Å². The monoisotopic (exact) mass is 345 g/mol. The number of hydrogen-bond acceptors (Lipinski definition) is 5. The van der Waals surface area contributed by atoms with E-state index in [-0.39, 0.29) is 36.0 Å². The van der Waals surface area contributed by atoms with Crippen molar-refractivity contribution in [3.8, 4) is 0 Å². The number of esters is 1. The molecule has 8 nitrogen and oxygen atoms in total. The molecule has 0 bridgehead atoms. The van der Waals surface area contributed by atoms with Gasteiger partial charge in [0.25, 0.3) is 5.91 Å². The predicted octanol–water partition coefficient (Wildman–Crippen LogP) is 0.630. The lowest BCUT2D eigenvalue weighted by molar-refractivity contribution is -0.127. The average molecular weight is 345 g/mol. The van der Waals surface area contributed by atoms with Gasteiger partial charge in [-0.25, -0.2) is 9.59 Å². The number of carbonyl (C=O) groups excluding carboxylic acids is 4. The maximum atomic E-state index is 12.8. The molecule has 0 saturated carbocycles. The van der Waals surface area contributed by atoms with E-state index in [0.29, 0.717) is 31.5 Å². The Bertz CT molecular complexity index is 709. The molecule has 0 radical (unpaired) electrons. The maximum Gasteiger partial charge on any atom is 0.338 e. The second-order valence-electron chi connectivity index (χ2n) is 5.98. The Morgan fingerprint density at radius 1 is 1.12 bits per heavy atom. The standard InChI is InChI=1S/C17H19N3O5/c1-25-16(23)13-5-3-2-4-12(13)15(22)19-8-6-11(7-9-19)20-14(21)10-18-17(20)24/h2-5,11H,6-10H2,1H3,(H,18,24). The molecular formula is C17H19N3O5. The molecule has 0 aromatic heterocycles. The Labute approximate surface area is 144 Å². The summed E-state index contributed by atoms with van der Waals surface area (Å²) in [6, 6.07) is 5.95. The molecule has 2 aliphatic heterocycles. The van der Waals surface area contributed by atoms with Gasteiger partial charge in [-0.3, -0.25) is 14.5 Å². The molecule has 0 aliphatic carbocycles. The van der Waals surface area contributed by atoms with Gasteiger partial charge >= 0.3 is 12.0 Å². The van der Waals surface area contributed by atoms with E-state index in [1.807, 2.05) is 0 Å². The van der Waals surface area contributed by atoms with Crippen molar-refractivity contribution in [1.29, 1.82) is 0 Å². The van der Waals surface area contributed by atoms with Crippen molar-refractivity contribution in [3.63, 3.8) is 0 Å². The van der Waals surface area contributed by atoms with E-state index in [2.05, 4.69) is 5.32 Å². The smallest absolute Gasteiger partial charge is 0.338 e. The number of imide groups is 1. The lowest BCUT2D eigenvalue weighted by Crippen LogP contribution is -2.49. The highest BCUT2D eigenvalue weighted by molar-refractivity contribution is 6.05. The molecule has 8 heteroatoms. The third kappa shape index (κ3) is 3.19. The van der Waals surface area contributed by atoms with Gasteiger partial charge in [-0.05, 0) is 25.0 Å². The zero-order valence-corrected chi connectivity index (χ0v) is 13.9. The minimum absolute atomic E-state index is 0.0322. The van der Waals surface area contributed by atoms with Crippen LogP contribution in [-0.4, -0.2) is 66.4 Å². The second kappa shape index (κ2) is 6.92. The molecule has 132 valence electrons. The summed E-state index contributed by atoms with van der Waals surface area (Å²) >= 11 is 0. The Balaban J connectivity index is 1.69. The molecule has 2 aliphatic rings. The molecule has 2 saturated heterocycles. The van der Waals surface area contributed by atoms with Crippen molar-refractivity contribution in [1.82, 2.24) is 15.1 Å². The van der Waals surface area contributed by atoms with Crippen LogP contribution < -0.4 is 5.32 Å². The number of nitrogens with one attached hydrogen (secondary N) is 1. The van der Waals surface area contributed by atoms with Gasteiger partial charge in [0, 0.05) is 19.1 Å². The number of urea groups is 1. The van der Waals surface area contributed by atoms with E-state index in [9.17, 15) is 19.2 Å². The van der Waals surface area contributed by atoms with Gasteiger partial charge in [-0.2, -0.15) is 0 Å². The average Bonchev–Trinajstić information content (AvgIpc) is 2.99. The van der Waals surface area contributed by atoms with Crippen LogP contribution in [0.2, 0.25) is 0 Å². The summed E-state index contributed by atoms with van der Waals surface area (Å²) in [6.45, 7) is 0.858. The topological polar surface area (TPSA) is 96.0 Å². The predicted molar refractivity (Wildman–Crippen MR) is 87.0 cm³/mol. The Morgan fingerprint density at radius 2 is 1.76 bits per heavy atom. The van der Waals surface area contributed by atoms with Crippen LogP contribution >= 0.6 is 0 Å². The van der Waals surface area contributed by atoms with E-state index in [0.717, 1.165) is 0 Å². The zero-order chi connectivity index (χ0) is 18.0. The molecule has 4 amide bonds. The first-order valence-electron chi connectivity index (χ1n) is 8.09. The van der Waals surface area contributed by atoms with Crippen LogP contribution in [0, 0.1) is 0 Å². The summed E-state index contributed by atoms with van der Waals surface area (Å²) in [5.41, 5.74) is 0.522. The number of rotatable bonds is 3. The lowest BCUT2D eigenvalue weighted by Gasteiger charge is -2.35. The number of nitrogens with zero attached hydrogens (tertiary/aromatic N) is 2. The van der Waals surface area contributed by atoms with Crippen LogP contribution in [0.3, 0.4) is 0 Å². The van der Waals surface area contributed by atoms with Crippen LogP contribution in [0.1, 0.15) is 33.6 Å². The molecule has 1 N–H and O–H groups in total. The van der Waals surface area contributed by atoms with Crippen molar-refractivity contribution in [2.75, 3.05) is 26.7 Å². The Kier molecular flexibility index (Phi) is 4.69. The van der Waals surface area contributed by atoms with E-state index in [4.69, 9.17) is 4.74 Å². The number of amides is 4. The minimum Gasteiger partial charge on any atom is -0.465 e. The van der Waals surface area contributed by atoms with Gasteiger partial charge in [-0.1, -0.05) is 12.1 Å². The summed E-state index contributed by atoms with van der Waals surface area (Å²) in [4.78, 5) is 51.0. The van der Waals surface area contributed by atoms with Gasteiger partial charge in [0.15, 0.2) is 0 Å². The molecule has 2 heterocycles. The molecular weight excluding hydrogens is 326 g/mol. The summed E-state index contributed by atoms with van der Waals surface area (Å²) < 4.78 is 4.72. The molecule has 0 atom stereocenters.